The molecule has 1 saturated carbocycles. The van der Waals surface area contributed by atoms with E-state index in [-0.39, 0.29) is 37.4 Å². The molecule has 0 heterocycles. The molecule has 9 heteroatoms. The Hall–Kier alpha value is -3.36. The van der Waals surface area contributed by atoms with Crippen molar-refractivity contribution in [2.75, 3.05) is 17.1 Å². The van der Waals surface area contributed by atoms with Crippen LogP contribution in [-0.4, -0.2) is 50.0 Å². The fraction of sp³-hybridized carbons (Fsp3) is 0.375. The zero-order chi connectivity index (χ0) is 29.2. The molecule has 41 heavy (non-hydrogen) atoms. The molecular formula is C32H38ClN3O4S. The molecule has 1 aliphatic rings. The predicted molar refractivity (Wildman–Crippen MR) is 164 cm³/mol. The molecule has 4 rings (SSSR count). The summed E-state index contributed by atoms with van der Waals surface area (Å²) in [5.74, 6) is -0.382. The molecule has 0 aromatic heterocycles. The number of nitrogens with zero attached hydrogens (tertiary/aromatic N) is 2. The van der Waals surface area contributed by atoms with Crippen molar-refractivity contribution in [1.82, 2.24) is 10.2 Å². The molecule has 1 aliphatic carbocycles. The Morgan fingerprint density at radius 3 is 2.20 bits per heavy atom. The topological polar surface area (TPSA) is 86.8 Å². The molecule has 0 bridgehead atoms. The van der Waals surface area contributed by atoms with E-state index in [1.807, 2.05) is 48.5 Å². The van der Waals surface area contributed by atoms with Crippen LogP contribution in [-0.2, 0) is 32.6 Å². The van der Waals surface area contributed by atoms with Crippen molar-refractivity contribution in [2.45, 2.75) is 63.6 Å². The van der Waals surface area contributed by atoms with E-state index in [2.05, 4.69) is 5.32 Å². The van der Waals surface area contributed by atoms with E-state index >= 15 is 0 Å². The van der Waals surface area contributed by atoms with Crippen molar-refractivity contribution in [3.05, 3.63) is 101 Å². The lowest BCUT2D eigenvalue weighted by Crippen LogP contribution is -2.52. The molecule has 0 radical (unpaired) electrons. The summed E-state index contributed by atoms with van der Waals surface area (Å²) in [6, 6.07) is 25.2. The van der Waals surface area contributed by atoms with Crippen molar-refractivity contribution in [3.63, 3.8) is 0 Å². The molecule has 218 valence electrons. The fourth-order valence-electron chi connectivity index (χ4n) is 5.35. The summed E-state index contributed by atoms with van der Waals surface area (Å²) in [5.41, 5.74) is 2.33. The molecule has 1 atom stereocenters. The van der Waals surface area contributed by atoms with Crippen molar-refractivity contribution in [1.29, 1.82) is 0 Å². The van der Waals surface area contributed by atoms with E-state index < -0.39 is 16.1 Å². The van der Waals surface area contributed by atoms with E-state index in [0.29, 0.717) is 23.6 Å². The molecule has 7 nitrogen and oxygen atoms in total. The maximum atomic E-state index is 13.9. The van der Waals surface area contributed by atoms with Gasteiger partial charge >= 0.3 is 0 Å². The van der Waals surface area contributed by atoms with Gasteiger partial charge in [-0.25, -0.2) is 8.42 Å². The number of nitrogens with one attached hydrogen (secondary N) is 1. The Bertz CT molecular complexity index is 1400. The van der Waals surface area contributed by atoms with Crippen LogP contribution in [0.5, 0.6) is 0 Å². The lowest BCUT2D eigenvalue weighted by molar-refractivity contribution is -0.141. The second kappa shape index (κ2) is 14.5. The third-order valence-corrected chi connectivity index (χ3v) is 8.84. The minimum Gasteiger partial charge on any atom is -0.352 e. The Morgan fingerprint density at radius 1 is 0.927 bits per heavy atom. The smallest absolute Gasteiger partial charge is 0.243 e. The highest BCUT2D eigenvalue weighted by molar-refractivity contribution is 7.92. The molecule has 3 aromatic carbocycles. The van der Waals surface area contributed by atoms with Gasteiger partial charge in [0.2, 0.25) is 21.8 Å². The number of hydrogen-bond acceptors (Lipinski definition) is 4. The van der Waals surface area contributed by atoms with E-state index in [1.54, 1.807) is 41.3 Å². The van der Waals surface area contributed by atoms with E-state index in [9.17, 15) is 18.0 Å². The van der Waals surface area contributed by atoms with Crippen molar-refractivity contribution < 1.29 is 18.0 Å². The summed E-state index contributed by atoms with van der Waals surface area (Å²) in [5, 5.41) is 3.75. The maximum Gasteiger partial charge on any atom is 0.243 e. The molecule has 0 aliphatic heterocycles. The van der Waals surface area contributed by atoms with Gasteiger partial charge in [0.1, 0.15) is 6.04 Å². The molecule has 1 N–H and O–H groups in total. The monoisotopic (exact) mass is 595 g/mol. The number of carbonyl (C=O) groups is 2. The summed E-state index contributed by atoms with van der Waals surface area (Å²) < 4.78 is 26.4. The zero-order valence-corrected chi connectivity index (χ0v) is 25.0. The highest BCUT2D eigenvalue weighted by atomic mass is 35.5. The van der Waals surface area contributed by atoms with E-state index in [0.717, 1.165) is 43.1 Å². The largest absolute Gasteiger partial charge is 0.352 e. The van der Waals surface area contributed by atoms with Gasteiger partial charge in [0.25, 0.3) is 0 Å². The number of hydrogen-bond donors (Lipinski definition) is 1. The maximum absolute atomic E-state index is 13.9. The van der Waals surface area contributed by atoms with Crippen LogP contribution in [0.3, 0.4) is 0 Å². The van der Waals surface area contributed by atoms with Crippen LogP contribution in [0, 0.1) is 0 Å². The van der Waals surface area contributed by atoms with Gasteiger partial charge in [-0.2, -0.15) is 0 Å². The molecule has 3 aromatic rings. The number of sulfonamides is 1. The van der Waals surface area contributed by atoms with Gasteiger partial charge in [0.05, 0.1) is 11.9 Å². The van der Waals surface area contributed by atoms with Crippen LogP contribution in [0.2, 0.25) is 5.02 Å². The predicted octanol–water partition coefficient (Wildman–Crippen LogP) is 5.59. The van der Waals surface area contributed by atoms with Gasteiger partial charge in [-0.15, -0.1) is 0 Å². The van der Waals surface area contributed by atoms with E-state index in [1.165, 1.54) is 4.31 Å². The Balaban J connectivity index is 1.58. The van der Waals surface area contributed by atoms with Crippen LogP contribution < -0.4 is 9.62 Å². The summed E-state index contributed by atoms with van der Waals surface area (Å²) in [7, 11) is -3.54. The number of anilines is 1. The number of carbonyl (C=O) groups excluding carboxylic acids is 2. The van der Waals surface area contributed by atoms with E-state index in [4.69, 9.17) is 11.6 Å². The van der Waals surface area contributed by atoms with Gasteiger partial charge in [0, 0.05) is 37.0 Å². The first-order valence-electron chi connectivity index (χ1n) is 14.1. The zero-order valence-electron chi connectivity index (χ0n) is 23.4. The third-order valence-electron chi connectivity index (χ3n) is 7.41. The first-order chi connectivity index (χ1) is 19.7. The van der Waals surface area contributed by atoms with Crippen LogP contribution in [0.1, 0.15) is 49.7 Å². The minimum atomic E-state index is -3.54. The van der Waals surface area contributed by atoms with Crippen molar-refractivity contribution >= 4 is 39.1 Å². The van der Waals surface area contributed by atoms with Gasteiger partial charge in [-0.05, 0) is 54.7 Å². The molecule has 1 fully saturated rings. The first kappa shape index (κ1) is 30.6. The van der Waals surface area contributed by atoms with Crippen LogP contribution in [0.25, 0.3) is 0 Å². The third kappa shape index (κ3) is 9.07. The van der Waals surface area contributed by atoms with Crippen LogP contribution in [0.15, 0.2) is 84.9 Å². The summed E-state index contributed by atoms with van der Waals surface area (Å²) in [4.78, 5) is 29.3. The highest BCUT2D eigenvalue weighted by Gasteiger charge is 2.32. The lowest BCUT2D eigenvalue weighted by atomic mass is 10.0. The first-order valence-corrected chi connectivity index (χ1v) is 16.3. The Kier molecular flexibility index (Phi) is 10.8. The van der Waals surface area contributed by atoms with Gasteiger partial charge in [-0.1, -0.05) is 85.1 Å². The number of benzene rings is 3. The average Bonchev–Trinajstić information content (AvgIpc) is 3.46. The van der Waals surface area contributed by atoms with Gasteiger partial charge < -0.3 is 10.2 Å². The van der Waals surface area contributed by atoms with Crippen molar-refractivity contribution in [2.24, 2.45) is 0 Å². The van der Waals surface area contributed by atoms with Crippen molar-refractivity contribution in [3.8, 4) is 0 Å². The molecule has 0 spiro atoms. The summed E-state index contributed by atoms with van der Waals surface area (Å²) in [6.07, 6.45) is 5.95. The highest BCUT2D eigenvalue weighted by Crippen LogP contribution is 2.22. The number of halogens is 1. The number of rotatable bonds is 13. The summed E-state index contributed by atoms with van der Waals surface area (Å²) >= 11 is 6.27. The van der Waals surface area contributed by atoms with Crippen LogP contribution in [0.4, 0.5) is 5.69 Å². The molecule has 0 unspecified atom stereocenters. The second-order valence-corrected chi connectivity index (χ2v) is 13.0. The molecular weight excluding hydrogens is 558 g/mol. The number of amides is 2. The molecule has 2 amide bonds. The van der Waals surface area contributed by atoms with Gasteiger partial charge in [-0.3, -0.25) is 13.9 Å². The Labute approximate surface area is 248 Å². The lowest BCUT2D eigenvalue weighted by Gasteiger charge is -2.33. The molecule has 0 saturated heterocycles. The Morgan fingerprint density at radius 2 is 1.56 bits per heavy atom. The summed E-state index contributed by atoms with van der Waals surface area (Å²) in [6.45, 7) is 0.362. The second-order valence-electron chi connectivity index (χ2n) is 10.6. The fourth-order valence-corrected chi connectivity index (χ4v) is 6.53. The number of para-hydroxylation sites is 1. The SMILES string of the molecule is CS(=O)(=O)N(CCCC(=O)N(Cc1cccc(Cl)c1)[C@@H](Cc1ccccc1)C(=O)NC1CCCC1)c1ccccc1. The average molecular weight is 596 g/mol. The van der Waals surface area contributed by atoms with Gasteiger partial charge in [0.15, 0.2) is 0 Å². The quantitative estimate of drug-likeness (QED) is 0.279. The standard InChI is InChI=1S/C32H38ClN3O4S/c1-41(39,40)36(29-18-6-3-7-19-29)21-11-20-31(37)35(24-26-14-10-15-27(33)22-26)30(23-25-12-4-2-5-13-25)32(38)34-28-16-8-9-17-28/h2-7,10,12-15,18-19,22,28,30H,8-9,11,16-17,20-21,23-24H2,1H3,(H,34,38)/t30-/m0/s1. The minimum absolute atomic E-state index is 0.0847. The van der Waals surface area contributed by atoms with Crippen LogP contribution >= 0.6 is 11.6 Å². The normalized spacial score (nSPS) is 14.4.